The molecule has 0 spiro atoms. The number of carbonyl (C=O) groups is 1. The minimum Gasteiger partial charge on any atom is -0.482 e. The first-order valence-corrected chi connectivity index (χ1v) is 7.38. The van der Waals surface area contributed by atoms with E-state index in [4.69, 9.17) is 28.6 Å². The summed E-state index contributed by atoms with van der Waals surface area (Å²) in [5, 5.41) is 6.21. The summed E-state index contributed by atoms with van der Waals surface area (Å²) in [7, 11) is 0. The lowest BCUT2D eigenvalue weighted by Gasteiger charge is -2.12. The molecule has 0 aliphatic rings. The van der Waals surface area contributed by atoms with Crippen LogP contribution < -0.4 is 15.4 Å². The van der Waals surface area contributed by atoms with Crippen molar-refractivity contribution in [3.05, 3.63) is 59.1 Å². The van der Waals surface area contributed by atoms with Crippen molar-refractivity contribution in [2.75, 3.05) is 11.9 Å². The third-order valence-corrected chi connectivity index (χ3v) is 3.36. The number of ether oxygens (including phenoxy) is 1. The lowest BCUT2D eigenvalue weighted by atomic mass is 10.2. The molecule has 2 rings (SSSR count). The molecule has 1 amide bonds. The summed E-state index contributed by atoms with van der Waals surface area (Å²) in [5.74, 6) is 0.100. The van der Waals surface area contributed by atoms with Gasteiger partial charge >= 0.3 is 0 Å². The lowest BCUT2D eigenvalue weighted by Crippen LogP contribution is -2.37. The highest BCUT2D eigenvalue weighted by Gasteiger charge is 2.08. The molecule has 0 heterocycles. The molecule has 0 aliphatic heterocycles. The predicted molar refractivity (Wildman–Crippen MR) is 92.5 cm³/mol. The lowest BCUT2D eigenvalue weighted by molar-refractivity contribution is -0.121. The van der Waals surface area contributed by atoms with Gasteiger partial charge < -0.3 is 10.1 Å². The molecule has 0 bridgehead atoms. The number of halogens is 1. The Kier molecular flexibility index (Phi) is 5.75. The van der Waals surface area contributed by atoms with Crippen molar-refractivity contribution in [3.63, 3.8) is 0 Å². The maximum atomic E-state index is 11.8. The molecule has 0 atom stereocenters. The van der Waals surface area contributed by atoms with Crippen LogP contribution in [0.3, 0.4) is 0 Å². The van der Waals surface area contributed by atoms with Gasteiger partial charge in [0, 0.05) is 5.69 Å². The van der Waals surface area contributed by atoms with Crippen LogP contribution in [-0.4, -0.2) is 17.6 Å². The second kappa shape index (κ2) is 7.77. The molecule has 2 N–H and O–H groups in total. The van der Waals surface area contributed by atoms with Gasteiger partial charge in [0.25, 0.3) is 5.91 Å². The molecule has 0 aromatic heterocycles. The van der Waals surface area contributed by atoms with Gasteiger partial charge in [-0.1, -0.05) is 41.9 Å². The largest absolute Gasteiger partial charge is 0.482 e. The van der Waals surface area contributed by atoms with Crippen molar-refractivity contribution in [1.82, 2.24) is 5.32 Å². The van der Waals surface area contributed by atoms with Gasteiger partial charge in [-0.3, -0.25) is 10.1 Å². The molecule has 0 saturated heterocycles. The first-order chi connectivity index (χ1) is 10.6. The Morgan fingerprint density at radius 1 is 1.18 bits per heavy atom. The molecule has 22 heavy (non-hydrogen) atoms. The number of nitrogens with one attached hydrogen (secondary N) is 2. The highest BCUT2D eigenvalue weighted by molar-refractivity contribution is 7.80. The number of amides is 1. The molecule has 0 aliphatic carbocycles. The fourth-order valence-electron chi connectivity index (χ4n) is 1.73. The second-order valence-corrected chi connectivity index (χ2v) is 5.35. The number of thiocarbonyl (C=S) groups is 1. The molecular weight excluding hydrogens is 320 g/mol. The van der Waals surface area contributed by atoms with Gasteiger partial charge in [0.2, 0.25) is 0 Å². The fourth-order valence-corrected chi connectivity index (χ4v) is 2.15. The van der Waals surface area contributed by atoms with Crippen molar-refractivity contribution in [3.8, 4) is 5.75 Å². The van der Waals surface area contributed by atoms with Gasteiger partial charge in [-0.15, -0.1) is 0 Å². The summed E-state index contributed by atoms with van der Waals surface area (Å²) in [4.78, 5) is 11.8. The highest BCUT2D eigenvalue weighted by Crippen LogP contribution is 2.22. The van der Waals surface area contributed by atoms with E-state index in [1.807, 2.05) is 31.2 Å². The Hall–Kier alpha value is -2.11. The van der Waals surface area contributed by atoms with Gasteiger partial charge in [-0.25, -0.2) is 0 Å². The van der Waals surface area contributed by atoms with E-state index < -0.39 is 0 Å². The third kappa shape index (κ3) is 4.72. The summed E-state index contributed by atoms with van der Waals surface area (Å²) in [6.07, 6.45) is 0. The molecule has 2 aromatic carbocycles. The van der Waals surface area contributed by atoms with Gasteiger partial charge in [0.15, 0.2) is 11.7 Å². The molecule has 0 fully saturated rings. The first kappa shape index (κ1) is 16.3. The molecule has 0 radical (unpaired) electrons. The smallest absolute Gasteiger partial charge is 0.264 e. The monoisotopic (exact) mass is 334 g/mol. The predicted octanol–water partition coefficient (Wildman–Crippen LogP) is 3.54. The Morgan fingerprint density at radius 3 is 2.59 bits per heavy atom. The van der Waals surface area contributed by atoms with Crippen molar-refractivity contribution in [1.29, 1.82) is 0 Å². The minimum absolute atomic E-state index is 0.167. The average molecular weight is 335 g/mol. The maximum absolute atomic E-state index is 11.8. The van der Waals surface area contributed by atoms with Crippen LogP contribution in [0.15, 0.2) is 48.5 Å². The van der Waals surface area contributed by atoms with E-state index in [0.717, 1.165) is 11.3 Å². The van der Waals surface area contributed by atoms with E-state index in [0.29, 0.717) is 10.8 Å². The van der Waals surface area contributed by atoms with Crippen LogP contribution in [-0.2, 0) is 4.79 Å². The van der Waals surface area contributed by atoms with Crippen LogP contribution in [0.25, 0.3) is 0 Å². The van der Waals surface area contributed by atoms with Crippen LogP contribution in [0.5, 0.6) is 5.75 Å². The zero-order valence-corrected chi connectivity index (χ0v) is 13.5. The average Bonchev–Trinajstić information content (AvgIpc) is 2.49. The van der Waals surface area contributed by atoms with Crippen LogP contribution in [0.2, 0.25) is 5.02 Å². The zero-order valence-electron chi connectivity index (χ0n) is 11.9. The number of carbonyl (C=O) groups excluding carboxylic acids is 1. The zero-order chi connectivity index (χ0) is 15.9. The number of para-hydroxylation sites is 2. The van der Waals surface area contributed by atoms with Crippen molar-refractivity contribution >= 4 is 40.5 Å². The minimum atomic E-state index is -0.356. The van der Waals surface area contributed by atoms with Crippen molar-refractivity contribution < 1.29 is 9.53 Å². The van der Waals surface area contributed by atoms with E-state index in [1.165, 1.54) is 0 Å². The number of rotatable bonds is 4. The Balaban J connectivity index is 1.83. The van der Waals surface area contributed by atoms with Gasteiger partial charge in [0.1, 0.15) is 5.75 Å². The first-order valence-electron chi connectivity index (χ1n) is 6.60. The van der Waals surface area contributed by atoms with Crippen LogP contribution in [0, 0.1) is 6.92 Å². The molecular formula is C16H15ClN2O2S. The number of benzene rings is 2. The number of aryl methyl sites for hydroxylation is 1. The maximum Gasteiger partial charge on any atom is 0.264 e. The van der Waals surface area contributed by atoms with E-state index in [-0.39, 0.29) is 17.6 Å². The van der Waals surface area contributed by atoms with Crippen molar-refractivity contribution in [2.24, 2.45) is 0 Å². The van der Waals surface area contributed by atoms with Crippen LogP contribution >= 0.6 is 23.8 Å². The quantitative estimate of drug-likeness (QED) is 0.840. The topological polar surface area (TPSA) is 50.4 Å². The number of anilines is 1. The third-order valence-electron chi connectivity index (χ3n) is 2.84. The summed E-state index contributed by atoms with van der Waals surface area (Å²) >= 11 is 11.0. The highest BCUT2D eigenvalue weighted by atomic mass is 35.5. The summed E-state index contributed by atoms with van der Waals surface area (Å²) < 4.78 is 5.34. The molecule has 2 aromatic rings. The van der Waals surface area contributed by atoms with Crippen molar-refractivity contribution in [2.45, 2.75) is 6.92 Å². The summed E-state index contributed by atoms with van der Waals surface area (Å²) in [5.41, 5.74) is 1.88. The van der Waals surface area contributed by atoms with E-state index in [2.05, 4.69) is 10.6 Å². The van der Waals surface area contributed by atoms with Gasteiger partial charge in [0.05, 0.1) is 5.02 Å². The van der Waals surface area contributed by atoms with Gasteiger partial charge in [-0.05, 0) is 42.9 Å². The molecule has 0 unspecified atom stereocenters. The summed E-state index contributed by atoms with van der Waals surface area (Å²) in [6, 6.07) is 14.6. The Morgan fingerprint density at radius 2 is 1.86 bits per heavy atom. The Labute approximate surface area is 139 Å². The second-order valence-electron chi connectivity index (χ2n) is 4.54. The van der Waals surface area contributed by atoms with E-state index in [1.54, 1.807) is 24.3 Å². The van der Waals surface area contributed by atoms with E-state index >= 15 is 0 Å². The molecule has 6 heteroatoms. The fraction of sp³-hybridized carbons (Fsp3) is 0.125. The van der Waals surface area contributed by atoms with Crippen LogP contribution in [0.1, 0.15) is 5.56 Å². The Bertz CT molecular complexity index is 691. The molecule has 0 saturated carbocycles. The van der Waals surface area contributed by atoms with Crippen LogP contribution in [0.4, 0.5) is 5.69 Å². The van der Waals surface area contributed by atoms with E-state index in [9.17, 15) is 4.79 Å². The standard InChI is InChI=1S/C16H15ClN2O2S/c1-11-6-2-4-8-13(11)18-16(22)19-15(20)10-21-14-9-5-3-7-12(14)17/h2-9H,10H2,1H3,(H2,18,19,20,22). The SMILES string of the molecule is Cc1ccccc1NC(=S)NC(=O)COc1ccccc1Cl. The van der Waals surface area contributed by atoms with Gasteiger partial charge in [-0.2, -0.15) is 0 Å². The summed E-state index contributed by atoms with van der Waals surface area (Å²) in [6.45, 7) is 1.78. The number of hydrogen-bond donors (Lipinski definition) is 2. The molecule has 4 nitrogen and oxygen atoms in total. The molecule has 114 valence electrons. The normalized spacial score (nSPS) is 9.91. The number of hydrogen-bond acceptors (Lipinski definition) is 3.